The molecule has 0 spiro atoms. The van der Waals surface area contributed by atoms with Crippen molar-refractivity contribution in [3.8, 4) is 0 Å². The summed E-state index contributed by atoms with van der Waals surface area (Å²) in [4.78, 5) is 0. The third-order valence-electron chi connectivity index (χ3n) is 1.82. The molecule has 1 aromatic heterocycles. The van der Waals surface area contributed by atoms with E-state index < -0.39 is 6.43 Å². The Balaban J connectivity index is 2.80. The van der Waals surface area contributed by atoms with Gasteiger partial charge in [0.2, 0.25) is 0 Å². The van der Waals surface area contributed by atoms with Crippen LogP contribution in [0.2, 0.25) is 0 Å². The molecular formula is C8H5BrF2N2. The zero-order chi connectivity index (χ0) is 9.42. The molecule has 2 nitrogen and oxygen atoms in total. The predicted molar refractivity (Wildman–Crippen MR) is 48.8 cm³/mol. The van der Waals surface area contributed by atoms with Crippen LogP contribution in [-0.2, 0) is 0 Å². The van der Waals surface area contributed by atoms with Gasteiger partial charge in [0.05, 0.1) is 5.52 Å². The van der Waals surface area contributed by atoms with Gasteiger partial charge in [0.25, 0.3) is 6.43 Å². The van der Waals surface area contributed by atoms with Crippen LogP contribution in [0.25, 0.3) is 10.9 Å². The molecular weight excluding hydrogens is 242 g/mol. The van der Waals surface area contributed by atoms with E-state index >= 15 is 0 Å². The molecule has 2 aromatic rings. The number of hydrogen-bond acceptors (Lipinski definition) is 1. The maximum absolute atomic E-state index is 12.6. The molecule has 0 aliphatic rings. The van der Waals surface area contributed by atoms with Gasteiger partial charge >= 0.3 is 0 Å². The molecule has 0 unspecified atom stereocenters. The average molecular weight is 247 g/mol. The molecule has 0 atom stereocenters. The van der Waals surface area contributed by atoms with Gasteiger partial charge in [-0.05, 0) is 12.1 Å². The van der Waals surface area contributed by atoms with Crippen molar-refractivity contribution in [1.29, 1.82) is 0 Å². The number of nitrogens with one attached hydrogen (secondary N) is 1. The lowest BCUT2D eigenvalue weighted by Crippen LogP contribution is -1.86. The fourth-order valence-electron chi connectivity index (χ4n) is 1.24. The largest absolute Gasteiger partial charge is 0.285 e. The SMILES string of the molecule is FC(F)c1c(Br)ccc2n[nH]cc12. The molecule has 1 aromatic carbocycles. The predicted octanol–water partition coefficient (Wildman–Crippen LogP) is 3.26. The second-order valence-electron chi connectivity index (χ2n) is 2.58. The topological polar surface area (TPSA) is 28.7 Å². The smallest absolute Gasteiger partial charge is 0.265 e. The number of aromatic amines is 1. The first kappa shape index (κ1) is 8.62. The molecule has 13 heavy (non-hydrogen) atoms. The van der Waals surface area contributed by atoms with E-state index in [4.69, 9.17) is 0 Å². The lowest BCUT2D eigenvalue weighted by atomic mass is 10.1. The van der Waals surface area contributed by atoms with Crippen molar-refractivity contribution in [3.63, 3.8) is 0 Å². The number of rotatable bonds is 1. The monoisotopic (exact) mass is 246 g/mol. The third-order valence-corrected chi connectivity index (χ3v) is 2.51. The van der Waals surface area contributed by atoms with Crippen LogP contribution in [0.4, 0.5) is 8.78 Å². The summed E-state index contributed by atoms with van der Waals surface area (Å²) in [6.45, 7) is 0. The molecule has 0 saturated carbocycles. The number of nitrogens with zero attached hydrogens (tertiary/aromatic N) is 1. The Morgan fingerprint density at radius 1 is 1.38 bits per heavy atom. The first-order valence-electron chi connectivity index (χ1n) is 3.60. The molecule has 68 valence electrons. The lowest BCUT2D eigenvalue weighted by Gasteiger charge is -2.03. The van der Waals surface area contributed by atoms with Gasteiger partial charge in [-0.2, -0.15) is 5.10 Å². The number of halogens is 3. The van der Waals surface area contributed by atoms with E-state index in [1.165, 1.54) is 6.20 Å². The number of alkyl halides is 2. The minimum absolute atomic E-state index is 0.00810. The van der Waals surface area contributed by atoms with Crippen LogP contribution in [0.15, 0.2) is 22.8 Å². The second kappa shape index (κ2) is 3.06. The number of benzene rings is 1. The summed E-state index contributed by atoms with van der Waals surface area (Å²) in [7, 11) is 0. The summed E-state index contributed by atoms with van der Waals surface area (Å²) in [5, 5.41) is 6.84. The van der Waals surface area contributed by atoms with Gasteiger partial charge in [-0.25, -0.2) is 8.78 Å². The fourth-order valence-corrected chi connectivity index (χ4v) is 1.75. The van der Waals surface area contributed by atoms with Gasteiger partial charge in [0.15, 0.2) is 0 Å². The Hall–Kier alpha value is -0.970. The molecule has 0 bridgehead atoms. The van der Waals surface area contributed by atoms with Gasteiger partial charge in [0.1, 0.15) is 0 Å². The molecule has 0 aliphatic carbocycles. The first-order valence-corrected chi connectivity index (χ1v) is 4.39. The van der Waals surface area contributed by atoms with Crippen molar-refractivity contribution < 1.29 is 8.78 Å². The first-order chi connectivity index (χ1) is 6.20. The van der Waals surface area contributed by atoms with E-state index in [9.17, 15) is 8.78 Å². The van der Waals surface area contributed by atoms with E-state index in [2.05, 4.69) is 26.1 Å². The summed E-state index contributed by atoms with van der Waals surface area (Å²) in [6, 6.07) is 3.26. The Kier molecular flexibility index (Phi) is 2.03. The minimum Gasteiger partial charge on any atom is -0.285 e. The highest BCUT2D eigenvalue weighted by molar-refractivity contribution is 9.10. The summed E-state index contributed by atoms with van der Waals surface area (Å²) in [6.07, 6.45) is -1.02. The molecule has 5 heteroatoms. The van der Waals surface area contributed by atoms with Crippen molar-refractivity contribution in [2.75, 3.05) is 0 Å². The second-order valence-corrected chi connectivity index (χ2v) is 3.43. The minimum atomic E-state index is -2.49. The fraction of sp³-hybridized carbons (Fsp3) is 0.125. The van der Waals surface area contributed by atoms with E-state index in [0.29, 0.717) is 15.4 Å². The summed E-state index contributed by atoms with van der Waals surface area (Å²) in [5.74, 6) is 0. The summed E-state index contributed by atoms with van der Waals surface area (Å²) >= 11 is 3.08. The summed E-state index contributed by atoms with van der Waals surface area (Å²) in [5.41, 5.74) is 0.546. The van der Waals surface area contributed by atoms with Crippen LogP contribution in [0.5, 0.6) is 0 Å². The highest BCUT2D eigenvalue weighted by atomic mass is 79.9. The average Bonchev–Trinajstić information content (AvgIpc) is 2.50. The van der Waals surface area contributed by atoms with Crippen molar-refractivity contribution in [2.24, 2.45) is 0 Å². The summed E-state index contributed by atoms with van der Waals surface area (Å²) < 4.78 is 25.5. The zero-order valence-electron chi connectivity index (χ0n) is 6.39. The van der Waals surface area contributed by atoms with Crippen molar-refractivity contribution in [1.82, 2.24) is 10.2 Å². The third kappa shape index (κ3) is 1.33. The highest BCUT2D eigenvalue weighted by Gasteiger charge is 2.16. The van der Waals surface area contributed by atoms with Gasteiger partial charge in [-0.3, -0.25) is 5.10 Å². The zero-order valence-corrected chi connectivity index (χ0v) is 7.98. The molecule has 1 heterocycles. The number of fused-ring (bicyclic) bond motifs is 1. The molecule has 0 aliphatic heterocycles. The van der Waals surface area contributed by atoms with Crippen LogP contribution >= 0.6 is 15.9 Å². The lowest BCUT2D eigenvalue weighted by molar-refractivity contribution is 0.152. The quantitative estimate of drug-likeness (QED) is 0.823. The molecule has 0 saturated heterocycles. The van der Waals surface area contributed by atoms with Crippen LogP contribution in [0.1, 0.15) is 12.0 Å². The number of H-pyrrole nitrogens is 1. The van der Waals surface area contributed by atoms with E-state index in [0.717, 1.165) is 0 Å². The number of hydrogen-bond donors (Lipinski definition) is 1. The van der Waals surface area contributed by atoms with Gasteiger partial charge in [0, 0.05) is 21.6 Å². The highest BCUT2D eigenvalue weighted by Crippen LogP contribution is 2.33. The Labute approximate surface area is 81.1 Å². The van der Waals surface area contributed by atoms with Crippen LogP contribution in [-0.4, -0.2) is 10.2 Å². The molecule has 0 radical (unpaired) electrons. The van der Waals surface area contributed by atoms with E-state index in [1.807, 2.05) is 0 Å². The van der Waals surface area contributed by atoms with Crippen LogP contribution in [0, 0.1) is 0 Å². The van der Waals surface area contributed by atoms with Crippen molar-refractivity contribution in [2.45, 2.75) is 6.43 Å². The Morgan fingerprint density at radius 3 is 2.85 bits per heavy atom. The Morgan fingerprint density at radius 2 is 2.15 bits per heavy atom. The van der Waals surface area contributed by atoms with Gasteiger partial charge < -0.3 is 0 Å². The standard InChI is InChI=1S/C8H5BrF2N2/c9-5-1-2-6-4(3-12-13-6)7(5)8(10)11/h1-3,8H,(H,12,13). The van der Waals surface area contributed by atoms with Crippen LogP contribution < -0.4 is 0 Å². The molecule has 2 rings (SSSR count). The van der Waals surface area contributed by atoms with Crippen LogP contribution in [0.3, 0.4) is 0 Å². The van der Waals surface area contributed by atoms with Gasteiger partial charge in [-0.1, -0.05) is 15.9 Å². The molecule has 0 amide bonds. The maximum atomic E-state index is 12.6. The van der Waals surface area contributed by atoms with E-state index in [-0.39, 0.29) is 5.56 Å². The van der Waals surface area contributed by atoms with Crippen molar-refractivity contribution >= 4 is 26.8 Å². The van der Waals surface area contributed by atoms with Gasteiger partial charge in [-0.15, -0.1) is 0 Å². The maximum Gasteiger partial charge on any atom is 0.265 e. The molecule has 0 fully saturated rings. The van der Waals surface area contributed by atoms with Crippen molar-refractivity contribution in [3.05, 3.63) is 28.4 Å². The number of aromatic nitrogens is 2. The Bertz CT molecular complexity index is 439. The normalized spacial score (nSPS) is 11.4. The van der Waals surface area contributed by atoms with E-state index in [1.54, 1.807) is 12.1 Å². The molecule has 1 N–H and O–H groups in total.